The highest BCUT2D eigenvalue weighted by molar-refractivity contribution is 6.30. The van der Waals surface area contributed by atoms with Crippen LogP contribution in [0.1, 0.15) is 0 Å². The van der Waals surface area contributed by atoms with Gasteiger partial charge in [-0.2, -0.15) is 4.98 Å². The van der Waals surface area contributed by atoms with E-state index in [0.29, 0.717) is 5.69 Å². The number of hydrogen-bond acceptors (Lipinski definition) is 6. The van der Waals surface area contributed by atoms with Gasteiger partial charge in [0.2, 0.25) is 5.95 Å². The number of hydrogen-bond donors (Lipinski definition) is 3. The van der Waals surface area contributed by atoms with Gasteiger partial charge in [-0.05, 0) is 42.5 Å². The predicted molar refractivity (Wildman–Crippen MR) is 89.3 cm³/mol. The fraction of sp³-hybridized carbons (Fsp3) is 0. The molecule has 0 radical (unpaired) electrons. The third kappa shape index (κ3) is 3.64. The Kier molecular flexibility index (Phi) is 4.35. The Hall–Kier alpha value is -3.06. The van der Waals surface area contributed by atoms with Crippen LogP contribution >= 0.6 is 11.6 Å². The molecule has 0 amide bonds. The molecular formula is C16H12ClFN4O2. The third-order valence-electron chi connectivity index (χ3n) is 3.02. The second kappa shape index (κ2) is 6.59. The third-order valence-corrected chi connectivity index (χ3v) is 3.25. The molecule has 0 atom stereocenters. The second-order valence-electron chi connectivity index (χ2n) is 4.79. The summed E-state index contributed by atoms with van der Waals surface area (Å²) in [6.07, 6.45) is 1.33. The van der Waals surface area contributed by atoms with Crippen molar-refractivity contribution >= 4 is 29.1 Å². The number of ether oxygens (including phenoxy) is 1. The van der Waals surface area contributed by atoms with Crippen molar-refractivity contribution < 1.29 is 14.2 Å². The largest absolute Gasteiger partial charge is 0.508 e. The maximum Gasteiger partial charge on any atom is 0.222 e. The first-order valence-corrected chi connectivity index (χ1v) is 7.20. The summed E-state index contributed by atoms with van der Waals surface area (Å²) >= 11 is 5.72. The zero-order valence-electron chi connectivity index (χ0n) is 12.2. The first-order chi connectivity index (χ1) is 11.5. The molecule has 0 spiro atoms. The van der Waals surface area contributed by atoms with Crippen LogP contribution in [0, 0.1) is 5.82 Å². The number of anilines is 3. The molecular weight excluding hydrogens is 335 g/mol. The number of nitrogen functional groups attached to an aromatic ring is 1. The van der Waals surface area contributed by atoms with E-state index in [0.717, 1.165) is 6.07 Å². The van der Waals surface area contributed by atoms with E-state index in [2.05, 4.69) is 15.3 Å². The van der Waals surface area contributed by atoms with E-state index in [9.17, 15) is 9.50 Å². The quantitative estimate of drug-likeness (QED) is 0.616. The minimum Gasteiger partial charge on any atom is -0.508 e. The fourth-order valence-corrected chi connectivity index (χ4v) is 2.07. The van der Waals surface area contributed by atoms with Crippen molar-refractivity contribution in [3.63, 3.8) is 0 Å². The second-order valence-corrected chi connectivity index (χ2v) is 5.23. The van der Waals surface area contributed by atoms with Gasteiger partial charge in [0.15, 0.2) is 23.1 Å². The molecule has 0 bridgehead atoms. The molecule has 24 heavy (non-hydrogen) atoms. The normalized spacial score (nSPS) is 10.4. The van der Waals surface area contributed by atoms with Crippen molar-refractivity contribution in [1.29, 1.82) is 0 Å². The Morgan fingerprint density at radius 2 is 1.88 bits per heavy atom. The lowest BCUT2D eigenvalue weighted by atomic mass is 10.3. The molecule has 6 nitrogen and oxygen atoms in total. The van der Waals surface area contributed by atoms with Crippen LogP contribution in [0.3, 0.4) is 0 Å². The van der Waals surface area contributed by atoms with Gasteiger partial charge in [-0.15, -0.1) is 0 Å². The van der Waals surface area contributed by atoms with Crippen LogP contribution in [0.2, 0.25) is 5.02 Å². The summed E-state index contributed by atoms with van der Waals surface area (Å²) < 4.78 is 19.4. The van der Waals surface area contributed by atoms with Gasteiger partial charge in [-0.25, -0.2) is 9.37 Å². The highest BCUT2D eigenvalue weighted by Gasteiger charge is 2.12. The van der Waals surface area contributed by atoms with Gasteiger partial charge in [-0.1, -0.05) is 11.6 Å². The molecule has 2 aromatic carbocycles. The topological polar surface area (TPSA) is 93.3 Å². The van der Waals surface area contributed by atoms with E-state index < -0.39 is 5.82 Å². The minimum absolute atomic E-state index is 0.0264. The number of phenols is 1. The van der Waals surface area contributed by atoms with Crippen LogP contribution in [0.4, 0.5) is 21.8 Å². The van der Waals surface area contributed by atoms with Crippen molar-refractivity contribution in [2.24, 2.45) is 0 Å². The van der Waals surface area contributed by atoms with Crippen LogP contribution in [0.5, 0.6) is 17.2 Å². The van der Waals surface area contributed by atoms with E-state index in [1.54, 1.807) is 12.1 Å². The predicted octanol–water partition coefficient (Wildman–Crippen LogP) is 4.09. The van der Waals surface area contributed by atoms with Crippen molar-refractivity contribution in [2.75, 3.05) is 11.1 Å². The summed E-state index contributed by atoms with van der Waals surface area (Å²) in [6, 6.07) is 10.3. The van der Waals surface area contributed by atoms with Crippen molar-refractivity contribution in [1.82, 2.24) is 9.97 Å². The van der Waals surface area contributed by atoms with Gasteiger partial charge >= 0.3 is 0 Å². The van der Waals surface area contributed by atoms with E-state index in [1.165, 1.54) is 30.5 Å². The Labute approximate surface area is 141 Å². The van der Waals surface area contributed by atoms with Crippen LogP contribution < -0.4 is 15.8 Å². The first kappa shape index (κ1) is 15.8. The summed E-state index contributed by atoms with van der Waals surface area (Å²) in [5, 5.41) is 12.6. The lowest BCUT2D eigenvalue weighted by molar-refractivity contribution is 0.441. The highest BCUT2D eigenvalue weighted by Crippen LogP contribution is 2.32. The van der Waals surface area contributed by atoms with E-state index >= 15 is 0 Å². The smallest absolute Gasteiger partial charge is 0.222 e. The Morgan fingerprint density at radius 3 is 2.58 bits per heavy atom. The average Bonchev–Trinajstić information content (AvgIpc) is 2.54. The maximum absolute atomic E-state index is 13.9. The molecule has 4 N–H and O–H groups in total. The van der Waals surface area contributed by atoms with Gasteiger partial charge in [0.05, 0.1) is 6.20 Å². The monoisotopic (exact) mass is 346 g/mol. The number of aromatic nitrogens is 2. The standard InChI is InChI=1S/C16H12ClFN4O2/c17-9-1-6-13(12(18)7-9)24-14-8-20-16(19)22-15(14)21-10-2-4-11(23)5-3-10/h1-8,23H,(H3,19,20,21,22). The molecule has 1 aromatic heterocycles. The Bertz CT molecular complexity index is 874. The average molecular weight is 347 g/mol. The summed E-state index contributed by atoms with van der Waals surface area (Å²) in [6.45, 7) is 0. The molecule has 0 saturated carbocycles. The number of benzene rings is 2. The molecule has 0 aliphatic heterocycles. The summed E-state index contributed by atoms with van der Waals surface area (Å²) in [5.41, 5.74) is 6.23. The van der Waals surface area contributed by atoms with Crippen molar-refractivity contribution in [3.05, 3.63) is 59.5 Å². The fourth-order valence-electron chi connectivity index (χ4n) is 1.91. The van der Waals surface area contributed by atoms with E-state index in [1.807, 2.05) is 0 Å². The molecule has 1 heterocycles. The molecule has 3 aromatic rings. The Balaban J connectivity index is 1.91. The Morgan fingerprint density at radius 1 is 1.12 bits per heavy atom. The molecule has 0 aliphatic carbocycles. The lowest BCUT2D eigenvalue weighted by Gasteiger charge is -2.12. The van der Waals surface area contributed by atoms with Gasteiger partial charge < -0.3 is 20.9 Å². The summed E-state index contributed by atoms with van der Waals surface area (Å²) in [4.78, 5) is 7.91. The molecule has 0 aliphatic rings. The number of nitrogens with one attached hydrogen (secondary N) is 1. The van der Waals surface area contributed by atoms with Gasteiger partial charge in [-0.3, -0.25) is 0 Å². The number of rotatable bonds is 4. The van der Waals surface area contributed by atoms with Crippen molar-refractivity contribution in [2.45, 2.75) is 0 Å². The summed E-state index contributed by atoms with van der Waals surface area (Å²) in [5.74, 6) is -0.0554. The summed E-state index contributed by atoms with van der Waals surface area (Å²) in [7, 11) is 0. The zero-order chi connectivity index (χ0) is 17.1. The molecule has 3 rings (SSSR count). The van der Waals surface area contributed by atoms with Crippen LogP contribution in [0.25, 0.3) is 0 Å². The molecule has 8 heteroatoms. The number of phenolic OH excluding ortho intramolecular Hbond substituents is 1. The number of halogens is 2. The maximum atomic E-state index is 13.9. The van der Waals surface area contributed by atoms with Crippen LogP contribution in [-0.2, 0) is 0 Å². The van der Waals surface area contributed by atoms with Gasteiger partial charge in [0, 0.05) is 10.7 Å². The van der Waals surface area contributed by atoms with Gasteiger partial charge in [0.25, 0.3) is 0 Å². The van der Waals surface area contributed by atoms with Gasteiger partial charge in [0.1, 0.15) is 5.75 Å². The molecule has 0 unspecified atom stereocenters. The molecule has 0 saturated heterocycles. The number of nitrogens with two attached hydrogens (primary N) is 1. The molecule has 122 valence electrons. The number of aromatic hydroxyl groups is 1. The van der Waals surface area contributed by atoms with Crippen LogP contribution in [0.15, 0.2) is 48.7 Å². The van der Waals surface area contributed by atoms with E-state index in [-0.39, 0.29) is 34.0 Å². The van der Waals surface area contributed by atoms with Crippen LogP contribution in [-0.4, -0.2) is 15.1 Å². The van der Waals surface area contributed by atoms with E-state index in [4.69, 9.17) is 22.1 Å². The van der Waals surface area contributed by atoms with Crippen molar-refractivity contribution in [3.8, 4) is 17.2 Å². The SMILES string of the molecule is Nc1ncc(Oc2ccc(Cl)cc2F)c(Nc2ccc(O)cc2)n1. The molecule has 0 fully saturated rings. The lowest BCUT2D eigenvalue weighted by Crippen LogP contribution is -2.02. The first-order valence-electron chi connectivity index (χ1n) is 6.83. The minimum atomic E-state index is -0.616. The highest BCUT2D eigenvalue weighted by atomic mass is 35.5. The number of nitrogens with zero attached hydrogens (tertiary/aromatic N) is 2. The zero-order valence-corrected chi connectivity index (χ0v) is 13.0.